The van der Waals surface area contributed by atoms with Gasteiger partial charge >= 0.3 is 0 Å². The number of nitrogens with zero attached hydrogens (tertiary/aromatic N) is 3. The Hall–Kier alpha value is -1.75. The molecule has 2 heterocycles. The largest absolute Gasteiger partial charge is 0.396 e. The molecule has 1 saturated heterocycles. The molecule has 1 aliphatic rings. The first-order valence-corrected chi connectivity index (χ1v) is 8.78. The minimum absolute atomic E-state index is 0.242. The molecule has 1 fully saturated rings. The third kappa shape index (κ3) is 4.41. The highest BCUT2D eigenvalue weighted by atomic mass is 16.3. The lowest BCUT2D eigenvalue weighted by Gasteiger charge is -2.41. The fourth-order valence-corrected chi connectivity index (χ4v) is 3.46. The summed E-state index contributed by atoms with van der Waals surface area (Å²) in [5, 5.41) is 9.48. The number of aliphatic hydroxyl groups is 1. The van der Waals surface area contributed by atoms with Gasteiger partial charge in [0, 0.05) is 51.6 Å². The zero-order valence-electron chi connectivity index (χ0n) is 14.4. The maximum atomic E-state index is 9.48. The van der Waals surface area contributed by atoms with Crippen molar-refractivity contribution in [3.05, 3.63) is 65.5 Å². The summed E-state index contributed by atoms with van der Waals surface area (Å²) >= 11 is 0. The van der Waals surface area contributed by atoms with E-state index in [0.717, 1.165) is 44.8 Å². The van der Waals surface area contributed by atoms with Gasteiger partial charge in [0.2, 0.25) is 0 Å². The Balaban J connectivity index is 1.64. The number of hydrogen-bond acceptors (Lipinski definition) is 4. The zero-order chi connectivity index (χ0) is 16.8. The molecule has 4 heteroatoms. The molecule has 2 aromatic rings. The number of aryl methyl sites for hydroxylation is 1. The van der Waals surface area contributed by atoms with Crippen molar-refractivity contribution in [3.63, 3.8) is 0 Å². The Bertz CT molecular complexity index is 632. The molecular weight excluding hydrogens is 298 g/mol. The molecule has 1 N–H and O–H groups in total. The summed E-state index contributed by atoms with van der Waals surface area (Å²) in [6.45, 7) is 7.34. The quantitative estimate of drug-likeness (QED) is 0.886. The van der Waals surface area contributed by atoms with Crippen LogP contribution in [0.1, 0.15) is 23.2 Å². The molecule has 0 radical (unpaired) electrons. The Morgan fingerprint density at radius 3 is 2.67 bits per heavy atom. The van der Waals surface area contributed by atoms with Crippen molar-refractivity contribution in [1.29, 1.82) is 0 Å². The number of rotatable bonds is 6. The van der Waals surface area contributed by atoms with Gasteiger partial charge in [-0.15, -0.1) is 0 Å². The zero-order valence-corrected chi connectivity index (χ0v) is 14.4. The Labute approximate surface area is 144 Å². The van der Waals surface area contributed by atoms with Gasteiger partial charge in [-0.1, -0.05) is 30.3 Å². The normalized spacial score (nSPS) is 19.5. The fourth-order valence-electron chi connectivity index (χ4n) is 3.46. The lowest BCUT2D eigenvalue weighted by atomic mass is 10.0. The van der Waals surface area contributed by atoms with Crippen LogP contribution in [0.2, 0.25) is 0 Å². The van der Waals surface area contributed by atoms with E-state index in [1.165, 1.54) is 11.1 Å². The van der Waals surface area contributed by atoms with Crippen LogP contribution in [0, 0.1) is 6.92 Å². The molecule has 3 rings (SSSR count). The van der Waals surface area contributed by atoms with Crippen molar-refractivity contribution < 1.29 is 5.11 Å². The number of piperazine rings is 1. The van der Waals surface area contributed by atoms with Crippen molar-refractivity contribution in [1.82, 2.24) is 14.8 Å². The molecule has 0 amide bonds. The smallest absolute Gasteiger partial charge is 0.0543 e. The predicted molar refractivity (Wildman–Crippen MR) is 96.6 cm³/mol. The summed E-state index contributed by atoms with van der Waals surface area (Å²) in [4.78, 5) is 9.41. The van der Waals surface area contributed by atoms with Gasteiger partial charge in [0.1, 0.15) is 0 Å². The first-order chi connectivity index (χ1) is 11.8. The van der Waals surface area contributed by atoms with E-state index in [4.69, 9.17) is 0 Å². The monoisotopic (exact) mass is 325 g/mol. The van der Waals surface area contributed by atoms with Crippen molar-refractivity contribution >= 4 is 0 Å². The second-order valence-corrected chi connectivity index (χ2v) is 6.62. The maximum Gasteiger partial charge on any atom is 0.0543 e. The van der Waals surface area contributed by atoms with Gasteiger partial charge in [-0.2, -0.15) is 0 Å². The standard InChI is InChI=1S/C20H27N3O/c1-17-6-2-3-7-18(17)14-23-12-11-22(16-20(23)9-13-24)15-19-8-4-5-10-21-19/h2-8,10,20,24H,9,11-16H2,1H3. The molecule has 1 aliphatic heterocycles. The Morgan fingerprint density at radius 1 is 1.08 bits per heavy atom. The number of aliphatic hydroxyl groups excluding tert-OH is 1. The van der Waals surface area contributed by atoms with E-state index in [9.17, 15) is 5.11 Å². The van der Waals surface area contributed by atoms with Gasteiger partial charge in [0.05, 0.1) is 5.69 Å². The minimum Gasteiger partial charge on any atom is -0.396 e. The molecular formula is C20H27N3O. The van der Waals surface area contributed by atoms with Crippen molar-refractivity contribution in [2.45, 2.75) is 32.5 Å². The predicted octanol–water partition coefficient (Wildman–Crippen LogP) is 2.46. The Morgan fingerprint density at radius 2 is 1.92 bits per heavy atom. The van der Waals surface area contributed by atoms with Crippen LogP contribution >= 0.6 is 0 Å². The first-order valence-electron chi connectivity index (χ1n) is 8.78. The third-order valence-electron chi connectivity index (χ3n) is 4.90. The molecule has 24 heavy (non-hydrogen) atoms. The van der Waals surface area contributed by atoms with E-state index in [1.54, 1.807) is 0 Å². The molecule has 1 aromatic heterocycles. The SMILES string of the molecule is Cc1ccccc1CN1CCN(Cc2ccccn2)CC1CCO. The van der Waals surface area contributed by atoms with Crippen LogP contribution in [-0.4, -0.2) is 52.2 Å². The first kappa shape index (κ1) is 17.1. The van der Waals surface area contributed by atoms with E-state index in [1.807, 2.05) is 18.3 Å². The molecule has 0 aliphatic carbocycles. The van der Waals surface area contributed by atoms with Crippen LogP contribution in [0.15, 0.2) is 48.7 Å². The van der Waals surface area contributed by atoms with Crippen LogP contribution < -0.4 is 0 Å². The summed E-state index contributed by atoms with van der Waals surface area (Å²) in [7, 11) is 0. The summed E-state index contributed by atoms with van der Waals surface area (Å²) in [5.41, 5.74) is 3.85. The summed E-state index contributed by atoms with van der Waals surface area (Å²) < 4.78 is 0. The number of pyridine rings is 1. The van der Waals surface area contributed by atoms with Gasteiger partial charge in [-0.05, 0) is 36.6 Å². The average Bonchev–Trinajstić information content (AvgIpc) is 2.60. The number of aromatic nitrogens is 1. The maximum absolute atomic E-state index is 9.48. The van der Waals surface area contributed by atoms with Crippen molar-refractivity contribution in [2.75, 3.05) is 26.2 Å². The number of benzene rings is 1. The molecule has 1 aromatic carbocycles. The second kappa shape index (κ2) is 8.38. The summed E-state index contributed by atoms with van der Waals surface area (Å²) in [6, 6.07) is 15.1. The Kier molecular flexibility index (Phi) is 5.96. The van der Waals surface area contributed by atoms with E-state index < -0.39 is 0 Å². The highest BCUT2D eigenvalue weighted by molar-refractivity contribution is 5.25. The fraction of sp³-hybridized carbons (Fsp3) is 0.450. The van der Waals surface area contributed by atoms with Crippen LogP contribution in [-0.2, 0) is 13.1 Å². The molecule has 128 valence electrons. The van der Waals surface area contributed by atoms with Gasteiger partial charge in [-0.3, -0.25) is 14.8 Å². The molecule has 1 atom stereocenters. The number of hydrogen-bond donors (Lipinski definition) is 1. The van der Waals surface area contributed by atoms with E-state index in [2.05, 4.69) is 52.0 Å². The van der Waals surface area contributed by atoms with Crippen LogP contribution in [0.4, 0.5) is 0 Å². The van der Waals surface area contributed by atoms with Gasteiger partial charge in [0.15, 0.2) is 0 Å². The lowest BCUT2D eigenvalue weighted by molar-refractivity contribution is 0.0493. The van der Waals surface area contributed by atoms with Crippen LogP contribution in [0.3, 0.4) is 0 Å². The molecule has 4 nitrogen and oxygen atoms in total. The molecule has 0 bridgehead atoms. The lowest BCUT2D eigenvalue weighted by Crippen LogP contribution is -2.52. The highest BCUT2D eigenvalue weighted by Gasteiger charge is 2.27. The van der Waals surface area contributed by atoms with Gasteiger partial charge in [-0.25, -0.2) is 0 Å². The van der Waals surface area contributed by atoms with E-state index in [-0.39, 0.29) is 6.61 Å². The molecule has 0 saturated carbocycles. The van der Waals surface area contributed by atoms with E-state index >= 15 is 0 Å². The topological polar surface area (TPSA) is 39.6 Å². The summed E-state index contributed by atoms with van der Waals surface area (Å²) in [5.74, 6) is 0. The average molecular weight is 325 g/mol. The van der Waals surface area contributed by atoms with Gasteiger partial charge < -0.3 is 5.11 Å². The third-order valence-corrected chi connectivity index (χ3v) is 4.90. The highest BCUT2D eigenvalue weighted by Crippen LogP contribution is 2.19. The van der Waals surface area contributed by atoms with Crippen molar-refractivity contribution in [3.8, 4) is 0 Å². The second-order valence-electron chi connectivity index (χ2n) is 6.62. The summed E-state index contributed by atoms with van der Waals surface area (Å²) in [6.07, 6.45) is 2.68. The van der Waals surface area contributed by atoms with E-state index in [0.29, 0.717) is 6.04 Å². The molecule has 1 unspecified atom stereocenters. The minimum atomic E-state index is 0.242. The molecule has 0 spiro atoms. The van der Waals surface area contributed by atoms with Crippen molar-refractivity contribution in [2.24, 2.45) is 0 Å². The van der Waals surface area contributed by atoms with Crippen LogP contribution in [0.5, 0.6) is 0 Å². The van der Waals surface area contributed by atoms with Gasteiger partial charge in [0.25, 0.3) is 0 Å². The van der Waals surface area contributed by atoms with Crippen LogP contribution in [0.25, 0.3) is 0 Å².